The van der Waals surface area contributed by atoms with Crippen molar-refractivity contribution >= 4 is 0 Å². The van der Waals surface area contributed by atoms with Gasteiger partial charge in [-0.1, -0.05) is 16.8 Å². The minimum atomic E-state index is -4.52. The summed E-state index contributed by atoms with van der Waals surface area (Å²) in [6.07, 6.45) is -4.52. The number of nitrogens with one attached hydrogen (secondary N) is 1. The number of halogens is 3. The van der Waals surface area contributed by atoms with Crippen LogP contribution in [0.25, 0.3) is 11.4 Å². The van der Waals surface area contributed by atoms with Crippen molar-refractivity contribution in [2.24, 2.45) is 0 Å². The van der Waals surface area contributed by atoms with Crippen LogP contribution >= 0.6 is 0 Å². The lowest BCUT2D eigenvalue weighted by atomic mass is 10.0. The van der Waals surface area contributed by atoms with Crippen molar-refractivity contribution in [2.75, 3.05) is 0 Å². The van der Waals surface area contributed by atoms with Gasteiger partial charge < -0.3 is 0 Å². The van der Waals surface area contributed by atoms with Gasteiger partial charge in [0.1, 0.15) is 0 Å². The van der Waals surface area contributed by atoms with Crippen LogP contribution in [0.1, 0.15) is 11.1 Å². The van der Waals surface area contributed by atoms with E-state index in [2.05, 4.69) is 14.7 Å². The van der Waals surface area contributed by atoms with E-state index >= 15 is 0 Å². The van der Waals surface area contributed by atoms with E-state index in [1.807, 2.05) is 0 Å². The summed E-state index contributed by atoms with van der Waals surface area (Å²) in [6, 6.07) is 3.57. The minimum Gasteiger partial charge on any atom is -0.296 e. The van der Waals surface area contributed by atoms with Gasteiger partial charge in [0, 0.05) is 5.56 Å². The number of hydrogen-bond donors (Lipinski definition) is 1. The molecule has 0 aliphatic rings. The first-order valence-electron chi connectivity index (χ1n) is 4.62. The van der Waals surface area contributed by atoms with E-state index in [4.69, 9.17) is 0 Å². The van der Waals surface area contributed by atoms with Crippen LogP contribution in [0.5, 0.6) is 0 Å². The molecule has 0 bridgehead atoms. The summed E-state index contributed by atoms with van der Waals surface area (Å²) < 4.78 is 42.4. The molecule has 0 atom stereocenters. The number of rotatable bonds is 1. The lowest BCUT2D eigenvalue weighted by Gasteiger charge is -2.11. The van der Waals surface area contributed by atoms with Gasteiger partial charge >= 0.3 is 11.9 Å². The van der Waals surface area contributed by atoms with Crippen molar-refractivity contribution in [1.82, 2.24) is 10.1 Å². The predicted octanol–water partition coefficient (Wildman–Crippen LogP) is 2.36. The molecule has 17 heavy (non-hydrogen) atoms. The molecule has 1 heterocycles. The fraction of sp³-hybridized carbons (Fsp3) is 0.200. The van der Waals surface area contributed by atoms with E-state index in [0.29, 0.717) is 5.56 Å². The lowest BCUT2D eigenvalue weighted by Crippen LogP contribution is -2.08. The Morgan fingerprint density at radius 3 is 2.59 bits per heavy atom. The normalized spacial score (nSPS) is 11.8. The van der Waals surface area contributed by atoms with E-state index in [-0.39, 0.29) is 11.4 Å². The summed E-state index contributed by atoms with van der Waals surface area (Å²) in [4.78, 5) is 12.8. The first-order chi connectivity index (χ1) is 7.88. The summed E-state index contributed by atoms with van der Waals surface area (Å²) in [5.74, 6) is -1.12. The van der Waals surface area contributed by atoms with Gasteiger partial charge in [-0.05, 0) is 19.1 Å². The van der Waals surface area contributed by atoms with E-state index < -0.39 is 17.5 Å². The molecule has 0 fully saturated rings. The molecule has 0 amide bonds. The fourth-order valence-electron chi connectivity index (χ4n) is 1.45. The summed E-state index contributed by atoms with van der Waals surface area (Å²) in [6.45, 7) is 1.64. The molecule has 1 aromatic heterocycles. The number of nitrogens with zero attached hydrogens (tertiary/aromatic N) is 1. The van der Waals surface area contributed by atoms with Gasteiger partial charge in [-0.15, -0.1) is 0 Å². The summed E-state index contributed by atoms with van der Waals surface area (Å²) in [5, 5.41) is 3.26. The van der Waals surface area contributed by atoms with Crippen LogP contribution in [-0.4, -0.2) is 10.1 Å². The number of aryl methyl sites for hydroxylation is 1. The molecule has 0 saturated heterocycles. The third kappa shape index (κ3) is 2.22. The predicted molar refractivity (Wildman–Crippen MR) is 52.3 cm³/mol. The lowest BCUT2D eigenvalue weighted by molar-refractivity contribution is -0.137. The van der Waals surface area contributed by atoms with Crippen molar-refractivity contribution in [3.8, 4) is 11.4 Å². The van der Waals surface area contributed by atoms with Crippen LogP contribution in [0.15, 0.2) is 27.5 Å². The maximum atomic E-state index is 12.7. The zero-order valence-corrected chi connectivity index (χ0v) is 8.63. The van der Waals surface area contributed by atoms with Crippen LogP contribution in [0, 0.1) is 6.92 Å². The highest BCUT2D eigenvalue weighted by Crippen LogP contribution is 2.36. The SMILES string of the molecule is Cc1ccc(C(F)(F)F)c(-c2noc(=O)[nH]2)c1. The summed E-state index contributed by atoms with van der Waals surface area (Å²) >= 11 is 0. The Kier molecular flexibility index (Phi) is 2.53. The molecule has 1 aromatic carbocycles. The fourth-order valence-corrected chi connectivity index (χ4v) is 1.45. The smallest absolute Gasteiger partial charge is 0.296 e. The Morgan fingerprint density at radius 2 is 2.06 bits per heavy atom. The van der Waals surface area contributed by atoms with Gasteiger partial charge in [0.15, 0.2) is 5.82 Å². The zero-order chi connectivity index (χ0) is 12.6. The van der Waals surface area contributed by atoms with Gasteiger partial charge in [0.05, 0.1) is 5.56 Å². The average molecular weight is 244 g/mol. The molecule has 0 aliphatic carbocycles. The number of benzene rings is 1. The first-order valence-corrected chi connectivity index (χ1v) is 4.62. The highest BCUT2D eigenvalue weighted by atomic mass is 19.4. The van der Waals surface area contributed by atoms with Crippen molar-refractivity contribution in [3.05, 3.63) is 39.9 Å². The van der Waals surface area contributed by atoms with E-state index in [1.54, 1.807) is 6.92 Å². The molecule has 7 heteroatoms. The van der Waals surface area contributed by atoms with Gasteiger partial charge in [-0.2, -0.15) is 13.2 Å². The monoisotopic (exact) mass is 244 g/mol. The van der Waals surface area contributed by atoms with Crippen LogP contribution in [0.2, 0.25) is 0 Å². The molecule has 1 N–H and O–H groups in total. The number of aromatic amines is 1. The summed E-state index contributed by atoms with van der Waals surface area (Å²) in [7, 11) is 0. The van der Waals surface area contributed by atoms with Gasteiger partial charge in [-0.3, -0.25) is 9.51 Å². The van der Waals surface area contributed by atoms with Crippen molar-refractivity contribution in [1.29, 1.82) is 0 Å². The molecular weight excluding hydrogens is 237 g/mol. The van der Waals surface area contributed by atoms with E-state index in [9.17, 15) is 18.0 Å². The van der Waals surface area contributed by atoms with Gasteiger partial charge in [0.2, 0.25) is 0 Å². The number of aromatic nitrogens is 2. The largest absolute Gasteiger partial charge is 0.439 e. The second-order valence-corrected chi connectivity index (χ2v) is 3.49. The molecule has 4 nitrogen and oxygen atoms in total. The Bertz CT molecular complexity index is 598. The number of alkyl halides is 3. The quantitative estimate of drug-likeness (QED) is 0.837. The molecule has 90 valence electrons. The second kappa shape index (κ2) is 3.76. The number of hydrogen-bond acceptors (Lipinski definition) is 3. The number of H-pyrrole nitrogens is 1. The van der Waals surface area contributed by atoms with E-state index in [0.717, 1.165) is 6.07 Å². The Hall–Kier alpha value is -2.05. The van der Waals surface area contributed by atoms with Crippen LogP contribution in [0.3, 0.4) is 0 Å². The molecule has 2 rings (SSSR count). The molecule has 0 radical (unpaired) electrons. The maximum absolute atomic E-state index is 12.7. The van der Waals surface area contributed by atoms with Crippen molar-refractivity contribution in [2.45, 2.75) is 13.1 Å². The first kappa shape index (κ1) is 11.4. The Balaban J connectivity index is 2.67. The molecule has 2 aromatic rings. The third-order valence-corrected chi connectivity index (χ3v) is 2.18. The molecule has 0 unspecified atom stereocenters. The maximum Gasteiger partial charge on any atom is 0.439 e. The molecule has 0 saturated carbocycles. The highest BCUT2D eigenvalue weighted by molar-refractivity contribution is 5.61. The zero-order valence-electron chi connectivity index (χ0n) is 8.63. The molecule has 0 aliphatic heterocycles. The molecule has 0 spiro atoms. The summed E-state index contributed by atoms with van der Waals surface area (Å²) in [5.41, 5.74) is -0.451. The standard InChI is InChI=1S/C10H7F3N2O2/c1-5-2-3-7(10(11,12)13)6(4-5)8-14-9(16)17-15-8/h2-4H,1H3,(H,14,15,16). The van der Waals surface area contributed by atoms with Crippen molar-refractivity contribution in [3.63, 3.8) is 0 Å². The second-order valence-electron chi connectivity index (χ2n) is 3.49. The van der Waals surface area contributed by atoms with E-state index in [1.165, 1.54) is 12.1 Å². The Morgan fingerprint density at radius 1 is 1.35 bits per heavy atom. The Labute approximate surface area is 93.1 Å². The van der Waals surface area contributed by atoms with Crippen molar-refractivity contribution < 1.29 is 17.7 Å². The van der Waals surface area contributed by atoms with Gasteiger partial charge in [-0.25, -0.2) is 4.79 Å². The van der Waals surface area contributed by atoms with Crippen LogP contribution < -0.4 is 5.76 Å². The minimum absolute atomic E-state index is 0.205. The molecular formula is C10H7F3N2O2. The van der Waals surface area contributed by atoms with Crippen LogP contribution in [-0.2, 0) is 6.18 Å². The van der Waals surface area contributed by atoms with Crippen LogP contribution in [0.4, 0.5) is 13.2 Å². The topological polar surface area (TPSA) is 58.9 Å². The highest BCUT2D eigenvalue weighted by Gasteiger charge is 2.34. The average Bonchev–Trinajstić information content (AvgIpc) is 2.62. The van der Waals surface area contributed by atoms with Gasteiger partial charge in [0.25, 0.3) is 0 Å². The third-order valence-electron chi connectivity index (χ3n) is 2.18.